The van der Waals surface area contributed by atoms with E-state index in [1.54, 1.807) is 0 Å². The first kappa shape index (κ1) is 40.9. The lowest BCUT2D eigenvalue weighted by atomic mass is 10.1. The van der Waals surface area contributed by atoms with E-state index in [-0.39, 0.29) is 57.7 Å². The van der Waals surface area contributed by atoms with Crippen molar-refractivity contribution in [2.45, 2.75) is 9.79 Å². The smallest absolute Gasteiger partial charge is 0.295 e. The van der Waals surface area contributed by atoms with Crippen LogP contribution in [0.4, 0.5) is 46.5 Å². The third-order valence-corrected chi connectivity index (χ3v) is 10.8. The number of nitrogens with zero attached hydrogens (tertiary/aromatic N) is 6. The first-order valence-electron chi connectivity index (χ1n) is 18.7. The molecule has 0 fully saturated rings. The van der Waals surface area contributed by atoms with Crippen molar-refractivity contribution in [2.24, 2.45) is 0 Å². The Labute approximate surface area is 356 Å². The SMILES string of the molecule is O=S(=O)(O)c1cc(-c2nc(Nc3ccccc3)nc(Nc3ccccc3)n2)ccc1/C=C/c1ccc(-c2nc(Nc3ccccc3)nc(Nc3ccccc3)n2)cc1S(=O)(=O)O. The van der Waals surface area contributed by atoms with E-state index in [9.17, 15) is 25.9 Å². The monoisotopic (exact) mass is 862 g/mol. The molecule has 2 aromatic heterocycles. The predicted octanol–water partition coefficient (Wildman–Crippen LogP) is 9.03. The highest BCUT2D eigenvalue weighted by atomic mass is 32.2. The van der Waals surface area contributed by atoms with Crippen molar-refractivity contribution >= 4 is 78.9 Å². The van der Waals surface area contributed by atoms with E-state index in [4.69, 9.17) is 0 Å². The molecule has 0 aliphatic carbocycles. The van der Waals surface area contributed by atoms with Gasteiger partial charge in [0.05, 0.1) is 0 Å². The van der Waals surface area contributed by atoms with Gasteiger partial charge < -0.3 is 21.3 Å². The standard InChI is InChI=1S/C44H34N10O6S2/c55-61(56,57)37-27-31(39-49-41(45-33-13-5-1-6-14-33)53-42(50-39)46-34-15-7-2-8-16-34)25-23-29(37)21-22-30-24-26-32(28-38(30)62(58,59)60)40-51-43(47-35-17-9-3-10-18-35)54-44(52-40)48-36-19-11-4-12-20-36/h1-28H,(H,55,56,57)(H,58,59,60)(H2,45,46,49,50,53)(H2,47,48,51,52,54)/b22-21+. The van der Waals surface area contributed by atoms with Gasteiger partial charge in [-0.2, -0.15) is 46.7 Å². The van der Waals surface area contributed by atoms with Crippen LogP contribution in [0.2, 0.25) is 0 Å². The molecule has 6 aromatic carbocycles. The molecular weight excluding hydrogens is 829 g/mol. The molecular formula is C44H34N10O6S2. The van der Waals surface area contributed by atoms with Crippen LogP contribution in [-0.4, -0.2) is 55.8 Å². The van der Waals surface area contributed by atoms with E-state index in [1.807, 2.05) is 121 Å². The summed E-state index contributed by atoms with van der Waals surface area (Å²) in [6, 6.07) is 44.9. The summed E-state index contributed by atoms with van der Waals surface area (Å²) < 4.78 is 72.2. The third kappa shape index (κ3) is 10.3. The van der Waals surface area contributed by atoms with Crippen molar-refractivity contribution < 1.29 is 25.9 Å². The lowest BCUT2D eigenvalue weighted by molar-refractivity contribution is 0.480. The fourth-order valence-electron chi connectivity index (χ4n) is 6.08. The number of rotatable bonds is 14. The van der Waals surface area contributed by atoms with Crippen LogP contribution in [0.15, 0.2) is 168 Å². The predicted molar refractivity (Wildman–Crippen MR) is 238 cm³/mol. The maximum Gasteiger partial charge on any atom is 0.295 e. The zero-order chi connectivity index (χ0) is 43.1. The summed E-state index contributed by atoms with van der Waals surface area (Å²) in [5.41, 5.74) is 3.17. The van der Waals surface area contributed by atoms with Gasteiger partial charge in [0.2, 0.25) is 23.8 Å². The van der Waals surface area contributed by atoms with Gasteiger partial charge in [-0.15, -0.1) is 0 Å². The van der Waals surface area contributed by atoms with E-state index in [1.165, 1.54) is 48.6 Å². The van der Waals surface area contributed by atoms with Gasteiger partial charge in [-0.25, -0.2) is 0 Å². The average Bonchev–Trinajstić information content (AvgIpc) is 3.26. The highest BCUT2D eigenvalue weighted by molar-refractivity contribution is 7.86. The highest BCUT2D eigenvalue weighted by Gasteiger charge is 2.21. The number of para-hydroxylation sites is 4. The molecule has 0 spiro atoms. The summed E-state index contributed by atoms with van der Waals surface area (Å²) in [7, 11) is -9.75. The van der Waals surface area contributed by atoms with Crippen LogP contribution >= 0.6 is 0 Å². The second-order valence-corrected chi connectivity index (χ2v) is 16.1. The molecule has 0 saturated heterocycles. The van der Waals surface area contributed by atoms with Gasteiger partial charge in [0, 0.05) is 33.9 Å². The molecule has 0 saturated carbocycles. The average molecular weight is 863 g/mol. The summed E-state index contributed by atoms with van der Waals surface area (Å²) in [6.45, 7) is 0. The Morgan fingerprint density at radius 2 is 0.645 bits per heavy atom. The number of benzene rings is 6. The molecule has 0 aliphatic rings. The van der Waals surface area contributed by atoms with Crippen LogP contribution < -0.4 is 21.3 Å². The van der Waals surface area contributed by atoms with Gasteiger partial charge in [-0.1, -0.05) is 109 Å². The van der Waals surface area contributed by atoms with E-state index < -0.39 is 30.0 Å². The van der Waals surface area contributed by atoms with Crippen molar-refractivity contribution in [2.75, 3.05) is 21.3 Å². The topological polar surface area (TPSA) is 234 Å². The van der Waals surface area contributed by atoms with Crippen LogP contribution in [0.3, 0.4) is 0 Å². The number of hydrogen-bond acceptors (Lipinski definition) is 14. The minimum Gasteiger partial charge on any atom is -0.324 e. The first-order valence-corrected chi connectivity index (χ1v) is 21.5. The molecule has 0 amide bonds. The van der Waals surface area contributed by atoms with E-state index in [0.717, 1.165) is 0 Å². The van der Waals surface area contributed by atoms with Gasteiger partial charge in [0.15, 0.2) is 11.6 Å². The number of aromatic nitrogens is 6. The van der Waals surface area contributed by atoms with Crippen molar-refractivity contribution in [3.63, 3.8) is 0 Å². The van der Waals surface area contributed by atoms with Crippen LogP contribution in [0.5, 0.6) is 0 Å². The molecule has 62 heavy (non-hydrogen) atoms. The quantitative estimate of drug-likeness (QED) is 0.0442. The highest BCUT2D eigenvalue weighted by Crippen LogP contribution is 2.30. The van der Waals surface area contributed by atoms with Crippen molar-refractivity contribution in [3.8, 4) is 22.8 Å². The molecule has 8 rings (SSSR count). The Kier molecular flexibility index (Phi) is 11.7. The molecule has 0 atom stereocenters. The molecule has 8 aromatic rings. The Morgan fingerprint density at radius 3 is 0.903 bits per heavy atom. The summed E-state index contributed by atoms with van der Waals surface area (Å²) >= 11 is 0. The normalized spacial score (nSPS) is 11.6. The largest absolute Gasteiger partial charge is 0.324 e. The number of nitrogens with one attached hydrogen (secondary N) is 4. The zero-order valence-electron chi connectivity index (χ0n) is 32.2. The van der Waals surface area contributed by atoms with Crippen LogP contribution in [0.1, 0.15) is 11.1 Å². The molecule has 16 nitrogen and oxygen atoms in total. The molecule has 0 aliphatic heterocycles. The van der Waals surface area contributed by atoms with Crippen molar-refractivity contribution in [1.82, 2.24) is 29.9 Å². The fourth-order valence-corrected chi connectivity index (χ4v) is 7.50. The van der Waals surface area contributed by atoms with E-state index in [2.05, 4.69) is 51.2 Å². The second kappa shape index (κ2) is 17.8. The molecule has 18 heteroatoms. The Balaban J connectivity index is 1.14. The van der Waals surface area contributed by atoms with Gasteiger partial charge in [0.25, 0.3) is 20.2 Å². The molecule has 308 valence electrons. The lowest BCUT2D eigenvalue weighted by Gasteiger charge is -2.12. The minimum absolute atomic E-state index is 0.00772. The Hall–Kier alpha value is -7.90. The Morgan fingerprint density at radius 1 is 0.371 bits per heavy atom. The maximum absolute atomic E-state index is 12.9. The van der Waals surface area contributed by atoms with Gasteiger partial charge >= 0.3 is 0 Å². The maximum atomic E-state index is 12.9. The summed E-state index contributed by atoms with van der Waals surface area (Å²) in [5.74, 6) is 0.768. The lowest BCUT2D eigenvalue weighted by Crippen LogP contribution is -2.07. The summed E-state index contributed by atoms with van der Waals surface area (Å²) in [6.07, 6.45) is 2.59. The van der Waals surface area contributed by atoms with Crippen LogP contribution in [-0.2, 0) is 20.2 Å². The number of hydrogen-bond donors (Lipinski definition) is 6. The Bertz CT molecular complexity index is 2800. The van der Waals surface area contributed by atoms with Gasteiger partial charge in [-0.05, 0) is 71.8 Å². The minimum atomic E-state index is -4.88. The molecule has 2 heterocycles. The second-order valence-electron chi connectivity index (χ2n) is 13.4. The zero-order valence-corrected chi connectivity index (χ0v) is 33.8. The molecule has 0 unspecified atom stereocenters. The fraction of sp³-hybridized carbons (Fsp3) is 0. The first-order chi connectivity index (χ1) is 29.9. The summed E-state index contributed by atoms with van der Waals surface area (Å²) in [5, 5.41) is 12.5. The number of anilines is 8. The van der Waals surface area contributed by atoms with Crippen molar-refractivity contribution in [1.29, 1.82) is 0 Å². The summed E-state index contributed by atoms with van der Waals surface area (Å²) in [4.78, 5) is 26.0. The van der Waals surface area contributed by atoms with Gasteiger partial charge in [0.1, 0.15) is 9.79 Å². The van der Waals surface area contributed by atoms with Crippen LogP contribution in [0, 0.1) is 0 Å². The third-order valence-electron chi connectivity index (χ3n) is 8.93. The van der Waals surface area contributed by atoms with E-state index >= 15 is 0 Å². The molecule has 0 bridgehead atoms. The molecule has 0 radical (unpaired) electrons. The van der Waals surface area contributed by atoms with Crippen LogP contribution in [0.25, 0.3) is 34.9 Å². The van der Waals surface area contributed by atoms with Gasteiger partial charge in [-0.3, -0.25) is 9.11 Å². The molecule has 6 N–H and O–H groups in total. The van der Waals surface area contributed by atoms with E-state index in [0.29, 0.717) is 22.7 Å². The van der Waals surface area contributed by atoms with Crippen molar-refractivity contribution in [3.05, 3.63) is 169 Å².